The number of thioether (sulfide) groups is 1. The van der Waals surface area contributed by atoms with Crippen molar-refractivity contribution < 1.29 is 9.59 Å². The lowest BCUT2D eigenvalue weighted by molar-refractivity contribution is -0.122. The number of rotatable bonds is 1. The number of nitrogens with one attached hydrogen (secondary N) is 1. The Morgan fingerprint density at radius 2 is 2.00 bits per heavy atom. The van der Waals surface area contributed by atoms with Crippen LogP contribution >= 0.6 is 11.8 Å². The first-order valence-corrected chi connectivity index (χ1v) is 8.22. The van der Waals surface area contributed by atoms with Crippen LogP contribution in [0.5, 0.6) is 0 Å². The first kappa shape index (κ1) is 14.1. The molecule has 0 unspecified atom stereocenters. The zero-order valence-corrected chi connectivity index (χ0v) is 13.3. The van der Waals surface area contributed by atoms with E-state index < -0.39 is 0 Å². The molecule has 3 aliphatic rings. The minimum Gasteiger partial charge on any atom is -0.305 e. The molecule has 0 aromatic heterocycles. The van der Waals surface area contributed by atoms with Crippen LogP contribution < -0.4 is 5.32 Å². The van der Waals surface area contributed by atoms with E-state index in [2.05, 4.69) is 31.1 Å². The van der Waals surface area contributed by atoms with Crippen LogP contribution in [0.15, 0.2) is 4.99 Å². The summed E-state index contributed by atoms with van der Waals surface area (Å²) in [5, 5.41) is 3.39. The average molecular weight is 294 g/mol. The fraction of sp³-hybridized carbons (Fsp3) is 0.800. The van der Waals surface area contributed by atoms with Gasteiger partial charge in [0.15, 0.2) is 5.17 Å². The largest absolute Gasteiger partial charge is 0.305 e. The third-order valence-electron chi connectivity index (χ3n) is 5.77. The molecule has 2 aliphatic carbocycles. The Morgan fingerprint density at radius 1 is 1.30 bits per heavy atom. The molecule has 2 fully saturated rings. The summed E-state index contributed by atoms with van der Waals surface area (Å²) < 4.78 is 0. The van der Waals surface area contributed by atoms with Crippen LogP contribution in [0.2, 0.25) is 0 Å². The molecule has 0 radical (unpaired) electrons. The van der Waals surface area contributed by atoms with E-state index in [-0.39, 0.29) is 33.9 Å². The summed E-state index contributed by atoms with van der Waals surface area (Å²) in [5.74, 6) is 0.529. The number of amides is 1. The zero-order valence-electron chi connectivity index (χ0n) is 12.5. The van der Waals surface area contributed by atoms with E-state index in [4.69, 9.17) is 0 Å². The maximum absolute atomic E-state index is 12.6. The van der Waals surface area contributed by atoms with Crippen LogP contribution in [0.1, 0.15) is 47.0 Å². The van der Waals surface area contributed by atoms with Gasteiger partial charge >= 0.3 is 0 Å². The lowest BCUT2D eigenvalue weighted by atomic mass is 9.71. The number of aliphatic imine (C=N–C) groups is 1. The number of fused-ring (bicyclic) bond motifs is 2. The molecule has 0 spiro atoms. The van der Waals surface area contributed by atoms with Crippen LogP contribution in [-0.2, 0) is 9.59 Å². The van der Waals surface area contributed by atoms with Crippen LogP contribution in [0, 0.1) is 16.7 Å². The molecule has 110 valence electrons. The molecule has 0 aromatic rings. The highest BCUT2D eigenvalue weighted by molar-refractivity contribution is 8.15. The highest BCUT2D eigenvalue weighted by atomic mass is 32.2. The van der Waals surface area contributed by atoms with Crippen LogP contribution in [0.4, 0.5) is 0 Å². The van der Waals surface area contributed by atoms with Crippen LogP contribution in [0.3, 0.4) is 0 Å². The second-order valence-corrected chi connectivity index (χ2v) is 8.26. The lowest BCUT2D eigenvalue weighted by Crippen LogP contribution is -2.41. The summed E-state index contributed by atoms with van der Waals surface area (Å²) in [4.78, 5) is 28.7. The monoisotopic (exact) mass is 294 g/mol. The van der Waals surface area contributed by atoms with Crippen molar-refractivity contribution in [1.82, 2.24) is 5.32 Å². The molecular weight excluding hydrogens is 272 g/mol. The van der Waals surface area contributed by atoms with Gasteiger partial charge in [-0.25, -0.2) is 0 Å². The number of amidine groups is 1. The number of ketones is 1. The van der Waals surface area contributed by atoms with Gasteiger partial charge < -0.3 is 5.32 Å². The van der Waals surface area contributed by atoms with Crippen molar-refractivity contribution >= 4 is 28.6 Å². The first-order valence-electron chi connectivity index (χ1n) is 7.34. The van der Waals surface area contributed by atoms with Crippen molar-refractivity contribution in [2.45, 2.75) is 58.2 Å². The molecule has 2 bridgehead atoms. The Kier molecular flexibility index (Phi) is 3.05. The Labute approximate surface area is 124 Å². The highest BCUT2D eigenvalue weighted by Gasteiger charge is 2.66. The van der Waals surface area contributed by atoms with Gasteiger partial charge in [0.25, 0.3) is 0 Å². The predicted octanol–water partition coefficient (Wildman–Crippen LogP) is 2.38. The summed E-state index contributed by atoms with van der Waals surface area (Å²) in [6.45, 7) is 8.60. The van der Waals surface area contributed by atoms with Crippen molar-refractivity contribution in [2.75, 3.05) is 0 Å². The zero-order chi connectivity index (χ0) is 14.7. The molecule has 1 aliphatic heterocycles. The summed E-state index contributed by atoms with van der Waals surface area (Å²) in [5.41, 5.74) is 0.0555. The lowest BCUT2D eigenvalue weighted by Gasteiger charge is -2.38. The van der Waals surface area contributed by atoms with Crippen molar-refractivity contribution in [1.29, 1.82) is 0 Å². The van der Waals surface area contributed by atoms with E-state index in [0.29, 0.717) is 17.4 Å². The van der Waals surface area contributed by atoms with E-state index >= 15 is 0 Å². The van der Waals surface area contributed by atoms with Gasteiger partial charge in [-0.1, -0.05) is 32.5 Å². The fourth-order valence-electron chi connectivity index (χ4n) is 4.07. The van der Waals surface area contributed by atoms with Gasteiger partial charge in [0.05, 0.1) is 11.3 Å². The fourth-order valence-corrected chi connectivity index (χ4v) is 5.66. The molecule has 0 aromatic carbocycles. The van der Waals surface area contributed by atoms with E-state index in [1.165, 1.54) is 11.8 Å². The number of hydrogen-bond acceptors (Lipinski definition) is 4. The van der Waals surface area contributed by atoms with Crippen molar-refractivity contribution in [3.8, 4) is 0 Å². The molecule has 4 nitrogen and oxygen atoms in total. The number of carbonyl (C=O) groups is 2. The number of nitrogens with zero attached hydrogens (tertiary/aromatic N) is 1. The van der Waals surface area contributed by atoms with Crippen molar-refractivity contribution in [2.24, 2.45) is 21.7 Å². The Morgan fingerprint density at radius 3 is 2.55 bits per heavy atom. The van der Waals surface area contributed by atoms with Gasteiger partial charge in [-0.15, -0.1) is 0 Å². The quantitative estimate of drug-likeness (QED) is 0.808. The Hall–Kier alpha value is -0.840. The first-order chi connectivity index (χ1) is 9.25. The predicted molar refractivity (Wildman–Crippen MR) is 80.7 cm³/mol. The highest BCUT2D eigenvalue weighted by Crippen LogP contribution is 2.66. The molecule has 1 amide bonds. The topological polar surface area (TPSA) is 58.5 Å². The summed E-state index contributed by atoms with van der Waals surface area (Å²) >= 11 is 1.48. The van der Waals surface area contributed by atoms with Gasteiger partial charge in [0.2, 0.25) is 5.91 Å². The van der Waals surface area contributed by atoms with Gasteiger partial charge in [-0.05, 0) is 30.6 Å². The van der Waals surface area contributed by atoms with E-state index in [0.717, 1.165) is 12.8 Å². The molecule has 5 heteroatoms. The average Bonchev–Trinajstić information content (AvgIpc) is 2.62. The van der Waals surface area contributed by atoms with Crippen molar-refractivity contribution in [3.63, 3.8) is 0 Å². The summed E-state index contributed by atoms with van der Waals surface area (Å²) in [6.07, 6.45) is 2.54. The van der Waals surface area contributed by atoms with Crippen molar-refractivity contribution in [3.05, 3.63) is 0 Å². The maximum Gasteiger partial charge on any atom is 0.228 e. The number of Topliss-reactive ketones (excluding diaryl/α,β-unsaturated/α-hetero) is 1. The number of hydrogen-bond donors (Lipinski definition) is 1. The summed E-state index contributed by atoms with van der Waals surface area (Å²) in [6, 6.07) is 0.0146. The van der Waals surface area contributed by atoms with Crippen LogP contribution in [-0.4, -0.2) is 28.1 Å². The molecule has 4 atom stereocenters. The standard InChI is InChI=1S/C15H22N2O2S/c1-8-7-10(18)17-13(16-8)20-12-11(19)9-5-6-15(12,4)14(9,2)3/h8-9,12H,5-7H2,1-4H3,(H,16,17,18)/t8-,9-,12-,15-/m1/s1. The van der Waals surface area contributed by atoms with E-state index in [1.807, 2.05) is 6.92 Å². The second kappa shape index (κ2) is 4.33. The van der Waals surface area contributed by atoms with Gasteiger partial charge in [0, 0.05) is 12.3 Å². The summed E-state index contributed by atoms with van der Waals surface area (Å²) in [7, 11) is 0. The minimum absolute atomic E-state index is 0.00729. The maximum atomic E-state index is 12.6. The molecule has 20 heavy (non-hydrogen) atoms. The van der Waals surface area contributed by atoms with Gasteiger partial charge in [-0.2, -0.15) is 0 Å². The smallest absolute Gasteiger partial charge is 0.228 e. The second-order valence-electron chi connectivity index (χ2n) is 7.17. The normalized spacial score (nSPS) is 42.6. The third kappa shape index (κ3) is 1.78. The Balaban J connectivity index is 1.86. The molecular formula is C15H22N2O2S. The molecule has 2 saturated carbocycles. The van der Waals surface area contributed by atoms with Crippen LogP contribution in [0.25, 0.3) is 0 Å². The molecule has 1 N–H and O–H groups in total. The molecule has 3 rings (SSSR count). The van der Waals surface area contributed by atoms with Gasteiger partial charge in [-0.3, -0.25) is 14.6 Å². The van der Waals surface area contributed by atoms with E-state index in [9.17, 15) is 9.59 Å². The minimum atomic E-state index is -0.0689. The molecule has 1 heterocycles. The van der Waals surface area contributed by atoms with Gasteiger partial charge in [0.1, 0.15) is 5.78 Å². The molecule has 0 saturated heterocycles. The Bertz CT molecular complexity index is 514. The number of carbonyl (C=O) groups excluding carboxylic acids is 2. The van der Waals surface area contributed by atoms with E-state index in [1.54, 1.807) is 0 Å². The SMILES string of the molecule is C[C@@H]1CC(=O)NC(S[C@@H]2C(=O)[C@H]3CC[C@@]2(C)C3(C)C)=N1. The third-order valence-corrected chi connectivity index (χ3v) is 7.19.